The van der Waals surface area contributed by atoms with E-state index in [2.05, 4.69) is 22.6 Å². The van der Waals surface area contributed by atoms with Gasteiger partial charge in [-0.3, -0.25) is 4.79 Å². The first-order valence-corrected chi connectivity index (χ1v) is 10.2. The number of anilines is 1. The molecule has 0 aromatic heterocycles. The monoisotopic (exact) mass is 519 g/mol. The summed E-state index contributed by atoms with van der Waals surface area (Å²) in [5.74, 6) is 1.12. The molecule has 0 radical (unpaired) electrons. The molecule has 0 unspecified atom stereocenters. The number of hydrogen-bond acceptors (Lipinski definition) is 4. The number of carbonyl (C=O) groups is 1. The Hall–Kier alpha value is -2.51. The molecule has 2 N–H and O–H groups in total. The highest BCUT2D eigenvalue weighted by molar-refractivity contribution is 14.1. The summed E-state index contributed by atoms with van der Waals surface area (Å²) in [5.41, 5.74) is 8.64. The van der Waals surface area contributed by atoms with Gasteiger partial charge in [-0.05, 0) is 76.2 Å². The molecule has 0 saturated heterocycles. The lowest BCUT2D eigenvalue weighted by Gasteiger charge is -2.14. The quantitative estimate of drug-likeness (QED) is 0.180. The standard InChI is InChI=1S/C23H19ClINO3/c1-28-22-12-15(8-9-21(27)17-5-3-7-19(26)13-17)11-20(25)23(22)29-14-16-4-2-6-18(24)10-16/h2-13H,14,26H2,1H3/b9-8+. The third kappa shape index (κ3) is 5.74. The van der Waals surface area contributed by atoms with Crippen LogP contribution in [0, 0.1) is 3.57 Å². The average Bonchev–Trinajstić information content (AvgIpc) is 2.70. The molecule has 0 fully saturated rings. The van der Waals surface area contributed by atoms with Crippen LogP contribution in [0.3, 0.4) is 0 Å². The predicted octanol–water partition coefficient (Wildman–Crippen LogP) is 6.01. The molecule has 0 saturated carbocycles. The first-order chi connectivity index (χ1) is 14.0. The highest BCUT2D eigenvalue weighted by Gasteiger charge is 2.12. The largest absolute Gasteiger partial charge is 0.493 e. The summed E-state index contributed by atoms with van der Waals surface area (Å²) < 4.78 is 12.3. The number of allylic oxidation sites excluding steroid dienone is 1. The Kier molecular flexibility index (Phi) is 7.17. The summed E-state index contributed by atoms with van der Waals surface area (Å²) in [6, 6.07) is 18.2. The van der Waals surface area contributed by atoms with Gasteiger partial charge in [0.25, 0.3) is 0 Å². The van der Waals surface area contributed by atoms with Crippen molar-refractivity contribution in [2.75, 3.05) is 12.8 Å². The fraction of sp³-hybridized carbons (Fsp3) is 0.0870. The Balaban J connectivity index is 1.78. The highest BCUT2D eigenvalue weighted by Crippen LogP contribution is 2.35. The number of halogens is 2. The van der Waals surface area contributed by atoms with Crippen molar-refractivity contribution in [3.63, 3.8) is 0 Å². The van der Waals surface area contributed by atoms with Gasteiger partial charge >= 0.3 is 0 Å². The Morgan fingerprint density at radius 2 is 1.93 bits per heavy atom. The molecule has 3 aromatic rings. The number of ether oxygens (including phenoxy) is 2. The molecule has 0 aliphatic heterocycles. The number of rotatable bonds is 7. The van der Waals surface area contributed by atoms with Crippen molar-refractivity contribution in [3.05, 3.63) is 92.0 Å². The normalized spacial score (nSPS) is 10.9. The second kappa shape index (κ2) is 9.80. The van der Waals surface area contributed by atoms with E-state index < -0.39 is 0 Å². The van der Waals surface area contributed by atoms with Crippen LogP contribution in [0.2, 0.25) is 5.02 Å². The molecule has 0 amide bonds. The smallest absolute Gasteiger partial charge is 0.185 e. The Bertz CT molecular complexity index is 1070. The molecule has 0 heterocycles. The number of carbonyl (C=O) groups excluding carboxylic acids is 1. The van der Waals surface area contributed by atoms with Gasteiger partial charge in [0.1, 0.15) is 6.61 Å². The summed E-state index contributed by atoms with van der Waals surface area (Å²) in [6.07, 6.45) is 3.27. The molecule has 29 heavy (non-hydrogen) atoms. The van der Waals surface area contributed by atoms with Crippen LogP contribution in [-0.4, -0.2) is 12.9 Å². The number of hydrogen-bond donors (Lipinski definition) is 1. The molecule has 0 atom stereocenters. The molecule has 6 heteroatoms. The highest BCUT2D eigenvalue weighted by atomic mass is 127. The lowest BCUT2D eigenvalue weighted by atomic mass is 10.1. The average molecular weight is 520 g/mol. The maximum atomic E-state index is 12.4. The zero-order valence-electron chi connectivity index (χ0n) is 15.7. The Morgan fingerprint density at radius 3 is 2.66 bits per heavy atom. The van der Waals surface area contributed by atoms with Gasteiger partial charge in [0.05, 0.1) is 10.7 Å². The topological polar surface area (TPSA) is 61.5 Å². The fourth-order valence-electron chi connectivity index (χ4n) is 2.72. The number of nitrogen functional groups attached to an aromatic ring is 1. The molecule has 0 aliphatic carbocycles. The van der Waals surface area contributed by atoms with Crippen LogP contribution in [-0.2, 0) is 6.61 Å². The maximum absolute atomic E-state index is 12.4. The molecule has 3 rings (SSSR count). The van der Waals surface area contributed by atoms with Crippen molar-refractivity contribution < 1.29 is 14.3 Å². The van der Waals surface area contributed by atoms with Gasteiger partial charge in [0, 0.05) is 16.3 Å². The van der Waals surface area contributed by atoms with Crippen LogP contribution < -0.4 is 15.2 Å². The molecule has 148 valence electrons. The molecule has 0 aliphatic rings. The number of benzene rings is 3. The van der Waals surface area contributed by atoms with E-state index in [9.17, 15) is 4.79 Å². The third-order valence-corrected chi connectivity index (χ3v) is 5.16. The summed E-state index contributed by atoms with van der Waals surface area (Å²) in [6.45, 7) is 0.371. The third-order valence-electron chi connectivity index (χ3n) is 4.12. The van der Waals surface area contributed by atoms with E-state index >= 15 is 0 Å². The lowest BCUT2D eigenvalue weighted by Crippen LogP contribution is -2.00. The van der Waals surface area contributed by atoms with Crippen LogP contribution >= 0.6 is 34.2 Å². The van der Waals surface area contributed by atoms with Crippen molar-refractivity contribution in [3.8, 4) is 11.5 Å². The van der Waals surface area contributed by atoms with E-state index in [4.69, 9.17) is 26.8 Å². The Morgan fingerprint density at radius 1 is 1.14 bits per heavy atom. The van der Waals surface area contributed by atoms with Crippen LogP contribution in [0.25, 0.3) is 6.08 Å². The zero-order chi connectivity index (χ0) is 20.8. The molecule has 0 spiro atoms. The summed E-state index contributed by atoms with van der Waals surface area (Å²) in [4.78, 5) is 12.4. The fourth-order valence-corrected chi connectivity index (χ4v) is 3.71. The maximum Gasteiger partial charge on any atom is 0.185 e. The molecule has 3 aromatic carbocycles. The SMILES string of the molecule is COc1cc(/C=C/C(=O)c2cccc(N)c2)cc(I)c1OCc1cccc(Cl)c1. The van der Waals surface area contributed by atoms with Crippen LogP contribution in [0.4, 0.5) is 5.69 Å². The van der Waals surface area contributed by atoms with Gasteiger partial charge in [-0.1, -0.05) is 41.9 Å². The number of nitrogens with two attached hydrogens (primary N) is 1. The van der Waals surface area contributed by atoms with Gasteiger partial charge in [0.15, 0.2) is 17.3 Å². The molecule has 4 nitrogen and oxygen atoms in total. The summed E-state index contributed by atoms with van der Waals surface area (Å²) in [7, 11) is 1.59. The van der Waals surface area contributed by atoms with Crippen molar-refractivity contribution in [2.45, 2.75) is 6.61 Å². The first kappa shape index (κ1) is 21.2. The molecule has 0 bridgehead atoms. The number of ketones is 1. The molecular weight excluding hydrogens is 501 g/mol. The van der Waals surface area contributed by atoms with Crippen molar-refractivity contribution in [1.29, 1.82) is 0 Å². The van der Waals surface area contributed by atoms with E-state index in [1.165, 1.54) is 6.08 Å². The zero-order valence-corrected chi connectivity index (χ0v) is 18.6. The minimum Gasteiger partial charge on any atom is -0.493 e. The van der Waals surface area contributed by atoms with Crippen LogP contribution in [0.5, 0.6) is 11.5 Å². The van der Waals surface area contributed by atoms with E-state index in [1.54, 1.807) is 37.5 Å². The molecular formula is C23H19ClINO3. The summed E-state index contributed by atoms with van der Waals surface area (Å²) >= 11 is 8.22. The minimum absolute atomic E-state index is 0.118. The second-order valence-corrected chi connectivity index (χ2v) is 7.87. The first-order valence-electron chi connectivity index (χ1n) is 8.79. The van der Waals surface area contributed by atoms with Gasteiger partial charge < -0.3 is 15.2 Å². The van der Waals surface area contributed by atoms with Crippen molar-refractivity contribution in [1.82, 2.24) is 0 Å². The predicted molar refractivity (Wildman–Crippen MR) is 126 cm³/mol. The van der Waals surface area contributed by atoms with Gasteiger partial charge in [-0.2, -0.15) is 0 Å². The van der Waals surface area contributed by atoms with E-state index in [0.717, 1.165) is 14.7 Å². The van der Waals surface area contributed by atoms with Crippen LogP contribution in [0.15, 0.2) is 66.7 Å². The Labute approximate surface area is 188 Å². The number of methoxy groups -OCH3 is 1. The van der Waals surface area contributed by atoms with E-state index in [1.807, 2.05) is 36.4 Å². The van der Waals surface area contributed by atoms with Gasteiger partial charge in [-0.25, -0.2) is 0 Å². The lowest BCUT2D eigenvalue weighted by molar-refractivity contribution is 0.104. The second-order valence-electron chi connectivity index (χ2n) is 6.28. The van der Waals surface area contributed by atoms with E-state index in [-0.39, 0.29) is 5.78 Å². The van der Waals surface area contributed by atoms with Gasteiger partial charge in [-0.15, -0.1) is 0 Å². The van der Waals surface area contributed by atoms with Crippen molar-refractivity contribution in [2.24, 2.45) is 0 Å². The van der Waals surface area contributed by atoms with Crippen LogP contribution in [0.1, 0.15) is 21.5 Å². The summed E-state index contributed by atoms with van der Waals surface area (Å²) in [5, 5.41) is 0.665. The van der Waals surface area contributed by atoms with E-state index in [0.29, 0.717) is 34.4 Å². The minimum atomic E-state index is -0.118. The van der Waals surface area contributed by atoms with Gasteiger partial charge in [0.2, 0.25) is 0 Å². The van der Waals surface area contributed by atoms with Crippen molar-refractivity contribution >= 4 is 51.7 Å².